The summed E-state index contributed by atoms with van der Waals surface area (Å²) in [7, 11) is 0. The van der Waals surface area contributed by atoms with Crippen molar-refractivity contribution in [3.8, 4) is 0 Å². The summed E-state index contributed by atoms with van der Waals surface area (Å²) in [6.45, 7) is 6.58. The highest BCUT2D eigenvalue weighted by molar-refractivity contribution is 7.99. The topological polar surface area (TPSA) is 55.1 Å². The van der Waals surface area contributed by atoms with Crippen LogP contribution in [0.15, 0.2) is 0 Å². The molecule has 0 radical (unpaired) electrons. The number of thioether (sulfide) groups is 1. The van der Waals surface area contributed by atoms with Crippen molar-refractivity contribution in [3.63, 3.8) is 0 Å². The molecule has 2 atom stereocenters. The van der Waals surface area contributed by atoms with Gasteiger partial charge in [0, 0.05) is 24.3 Å². The van der Waals surface area contributed by atoms with Crippen LogP contribution in [0.2, 0.25) is 0 Å². The van der Waals surface area contributed by atoms with Crippen molar-refractivity contribution in [3.05, 3.63) is 0 Å². The first-order valence-electron chi connectivity index (χ1n) is 5.23. The van der Waals surface area contributed by atoms with Crippen LogP contribution in [0.25, 0.3) is 0 Å². The van der Waals surface area contributed by atoms with Crippen molar-refractivity contribution >= 4 is 17.7 Å². The normalized spacial score (nSPS) is 14.9. The number of nitrogens with one attached hydrogen (secondary N) is 1. The van der Waals surface area contributed by atoms with Gasteiger partial charge in [0.2, 0.25) is 5.91 Å². The average molecular weight is 218 g/mol. The minimum absolute atomic E-state index is 0.0240. The molecule has 14 heavy (non-hydrogen) atoms. The van der Waals surface area contributed by atoms with E-state index in [1.54, 1.807) is 0 Å². The van der Waals surface area contributed by atoms with Crippen molar-refractivity contribution in [2.24, 2.45) is 11.7 Å². The molecule has 1 amide bonds. The Morgan fingerprint density at radius 2 is 2.14 bits per heavy atom. The van der Waals surface area contributed by atoms with E-state index in [2.05, 4.69) is 12.2 Å². The smallest absolute Gasteiger partial charge is 0.224 e. The van der Waals surface area contributed by atoms with E-state index in [4.69, 9.17) is 5.73 Å². The molecule has 0 spiro atoms. The molecule has 0 heterocycles. The zero-order valence-electron chi connectivity index (χ0n) is 9.38. The monoisotopic (exact) mass is 218 g/mol. The van der Waals surface area contributed by atoms with E-state index in [9.17, 15) is 4.79 Å². The first kappa shape index (κ1) is 13.8. The number of carbonyl (C=O) groups is 1. The van der Waals surface area contributed by atoms with Crippen LogP contribution in [0.5, 0.6) is 0 Å². The molecule has 0 aliphatic heterocycles. The minimum atomic E-state index is -0.0240. The number of carbonyl (C=O) groups excluding carboxylic acids is 1. The van der Waals surface area contributed by atoms with Crippen LogP contribution in [0, 0.1) is 5.92 Å². The van der Waals surface area contributed by atoms with Crippen LogP contribution in [0.1, 0.15) is 27.2 Å². The average Bonchev–Trinajstić information content (AvgIpc) is 2.16. The lowest BCUT2D eigenvalue weighted by Crippen LogP contribution is -2.40. The quantitative estimate of drug-likeness (QED) is 0.676. The van der Waals surface area contributed by atoms with Crippen LogP contribution < -0.4 is 11.1 Å². The maximum atomic E-state index is 11.6. The van der Waals surface area contributed by atoms with E-state index >= 15 is 0 Å². The van der Waals surface area contributed by atoms with Crippen molar-refractivity contribution in [1.29, 1.82) is 0 Å². The molecular weight excluding hydrogens is 196 g/mol. The Labute approximate surface area is 91.2 Å². The first-order valence-corrected chi connectivity index (χ1v) is 6.39. The van der Waals surface area contributed by atoms with Crippen molar-refractivity contribution in [2.45, 2.75) is 33.2 Å². The van der Waals surface area contributed by atoms with Gasteiger partial charge in [0.25, 0.3) is 0 Å². The van der Waals surface area contributed by atoms with Gasteiger partial charge >= 0.3 is 0 Å². The highest BCUT2D eigenvalue weighted by Crippen LogP contribution is 2.04. The summed E-state index contributed by atoms with van der Waals surface area (Å²) in [6, 6.07) is 0.244. The predicted octanol–water partition coefficient (Wildman–Crippen LogP) is 1.23. The third-order valence-corrected chi connectivity index (χ3v) is 3.25. The summed E-state index contributed by atoms with van der Waals surface area (Å²) in [5, 5.41) is 2.98. The zero-order valence-corrected chi connectivity index (χ0v) is 10.2. The Morgan fingerprint density at radius 3 is 2.57 bits per heavy atom. The lowest BCUT2D eigenvalue weighted by atomic mass is 10.1. The fourth-order valence-electron chi connectivity index (χ4n) is 1.16. The molecule has 2 unspecified atom stereocenters. The van der Waals surface area contributed by atoms with Gasteiger partial charge in [-0.25, -0.2) is 0 Å². The molecule has 0 bridgehead atoms. The first-order chi connectivity index (χ1) is 6.65. The highest BCUT2D eigenvalue weighted by Gasteiger charge is 2.15. The van der Waals surface area contributed by atoms with E-state index < -0.39 is 0 Å². The fourth-order valence-corrected chi connectivity index (χ4v) is 1.83. The molecule has 0 saturated heterocycles. The van der Waals surface area contributed by atoms with Crippen LogP contribution in [0.3, 0.4) is 0 Å². The molecular formula is C10H22N2OS. The van der Waals surface area contributed by atoms with Crippen LogP contribution in [-0.2, 0) is 4.79 Å². The van der Waals surface area contributed by atoms with Crippen molar-refractivity contribution < 1.29 is 4.79 Å². The summed E-state index contributed by atoms with van der Waals surface area (Å²) in [5.74, 6) is 2.14. The van der Waals surface area contributed by atoms with E-state index in [1.807, 2.05) is 25.6 Å². The Morgan fingerprint density at radius 1 is 1.50 bits per heavy atom. The second-order valence-corrected chi connectivity index (χ2v) is 4.73. The maximum absolute atomic E-state index is 11.6. The largest absolute Gasteiger partial charge is 0.353 e. The Hall–Kier alpha value is -0.220. The Kier molecular flexibility index (Phi) is 7.99. The van der Waals surface area contributed by atoms with E-state index in [1.165, 1.54) is 0 Å². The van der Waals surface area contributed by atoms with Gasteiger partial charge in [-0.2, -0.15) is 11.8 Å². The predicted molar refractivity (Wildman–Crippen MR) is 63.4 cm³/mol. The molecule has 0 aromatic heterocycles. The third kappa shape index (κ3) is 5.50. The molecule has 0 aromatic carbocycles. The molecule has 3 nitrogen and oxygen atoms in total. The Balaban J connectivity index is 3.79. The third-order valence-electron chi connectivity index (χ3n) is 2.11. The van der Waals surface area contributed by atoms with Gasteiger partial charge in [0.15, 0.2) is 0 Å². The molecule has 0 saturated carbocycles. The van der Waals surface area contributed by atoms with Gasteiger partial charge < -0.3 is 11.1 Å². The molecule has 3 N–H and O–H groups in total. The second-order valence-electron chi connectivity index (χ2n) is 3.41. The second kappa shape index (κ2) is 8.12. The van der Waals surface area contributed by atoms with E-state index in [0.29, 0.717) is 6.54 Å². The van der Waals surface area contributed by atoms with Crippen molar-refractivity contribution in [1.82, 2.24) is 5.32 Å². The number of hydrogen-bond donors (Lipinski definition) is 2. The summed E-state index contributed by atoms with van der Waals surface area (Å²) < 4.78 is 0. The van der Waals surface area contributed by atoms with Gasteiger partial charge in [-0.3, -0.25) is 4.79 Å². The van der Waals surface area contributed by atoms with Gasteiger partial charge in [-0.15, -0.1) is 0 Å². The van der Waals surface area contributed by atoms with Crippen LogP contribution in [0.4, 0.5) is 0 Å². The van der Waals surface area contributed by atoms with Crippen LogP contribution in [-0.4, -0.2) is 30.0 Å². The summed E-state index contributed by atoms with van der Waals surface area (Å²) in [4.78, 5) is 11.6. The summed E-state index contributed by atoms with van der Waals surface area (Å²) in [5.41, 5.74) is 5.49. The van der Waals surface area contributed by atoms with Gasteiger partial charge in [0.1, 0.15) is 0 Å². The maximum Gasteiger partial charge on any atom is 0.224 e. The van der Waals surface area contributed by atoms with E-state index in [-0.39, 0.29) is 17.9 Å². The number of amides is 1. The summed E-state index contributed by atoms with van der Waals surface area (Å²) >= 11 is 1.84. The molecule has 4 heteroatoms. The fraction of sp³-hybridized carbons (Fsp3) is 0.900. The molecule has 0 aliphatic rings. The minimum Gasteiger partial charge on any atom is -0.353 e. The van der Waals surface area contributed by atoms with Crippen LogP contribution >= 0.6 is 11.8 Å². The lowest BCUT2D eigenvalue weighted by molar-refractivity contribution is -0.125. The standard InChI is InChI=1S/C10H22N2OS/c1-4-9(6-11)10(13)12-8(3)7-14-5-2/h8-9H,4-7,11H2,1-3H3,(H,12,13). The molecule has 0 rings (SSSR count). The highest BCUT2D eigenvalue weighted by atomic mass is 32.2. The number of rotatable bonds is 7. The van der Waals surface area contributed by atoms with Gasteiger partial charge in [0.05, 0.1) is 0 Å². The molecule has 84 valence electrons. The van der Waals surface area contributed by atoms with Crippen molar-refractivity contribution in [2.75, 3.05) is 18.1 Å². The SMILES string of the molecule is CCSCC(C)NC(=O)C(CC)CN. The number of hydrogen-bond acceptors (Lipinski definition) is 3. The zero-order chi connectivity index (χ0) is 11.0. The van der Waals surface area contributed by atoms with E-state index in [0.717, 1.165) is 17.9 Å². The molecule has 0 aromatic rings. The number of nitrogens with two attached hydrogens (primary N) is 1. The molecule has 0 fully saturated rings. The van der Waals surface area contributed by atoms with Gasteiger partial charge in [-0.05, 0) is 19.1 Å². The lowest BCUT2D eigenvalue weighted by Gasteiger charge is -2.17. The molecule has 0 aliphatic carbocycles. The Bertz CT molecular complexity index is 160. The van der Waals surface area contributed by atoms with Gasteiger partial charge in [-0.1, -0.05) is 13.8 Å². The summed E-state index contributed by atoms with van der Waals surface area (Å²) in [6.07, 6.45) is 0.815.